The number of rotatable bonds is 10. The van der Waals surface area contributed by atoms with Gasteiger partial charge in [0, 0.05) is 19.0 Å². The van der Waals surface area contributed by atoms with Gasteiger partial charge in [-0.3, -0.25) is 24.2 Å². The van der Waals surface area contributed by atoms with Gasteiger partial charge >= 0.3 is 0 Å². The SMILES string of the molecule is CCCCCCC(=O)[C@H]1[C@@H]2C(=O)N(Cc3ccccc3)C(=O)[C@@H]2[C@H](C)N1Cc1ccccc1. The number of ketones is 1. The lowest BCUT2D eigenvalue weighted by Gasteiger charge is -2.31. The molecule has 2 amide bonds. The molecule has 4 rings (SSSR count). The van der Waals surface area contributed by atoms with Crippen LogP contribution >= 0.6 is 0 Å². The molecule has 2 aromatic carbocycles. The molecule has 0 aliphatic carbocycles. The normalized spacial score (nSPS) is 25.0. The zero-order valence-electron chi connectivity index (χ0n) is 19.7. The minimum Gasteiger partial charge on any atom is -0.298 e. The number of Topliss-reactive ketones (excluding diaryl/α,β-unsaturated/α-hetero) is 1. The standard InChI is InChI=1S/C28H34N2O3/c1-3-4-5-12-17-23(31)26-25-24(20(2)29(26)18-21-13-8-6-9-14-21)27(32)30(28(25)33)19-22-15-10-7-11-16-22/h6-11,13-16,20,24-26H,3-5,12,17-19H2,1-2H3/t20-,24+,25+,26-/m0/s1. The molecule has 4 atom stereocenters. The Morgan fingerprint density at radius 2 is 1.36 bits per heavy atom. The van der Waals surface area contributed by atoms with Gasteiger partial charge in [-0.25, -0.2) is 0 Å². The molecule has 2 heterocycles. The average Bonchev–Trinajstić information content (AvgIpc) is 3.25. The van der Waals surface area contributed by atoms with E-state index in [-0.39, 0.29) is 30.2 Å². The molecule has 0 N–H and O–H groups in total. The van der Waals surface area contributed by atoms with Gasteiger partial charge in [0.05, 0.1) is 24.4 Å². The highest BCUT2D eigenvalue weighted by Crippen LogP contribution is 2.44. The molecule has 0 saturated carbocycles. The van der Waals surface area contributed by atoms with E-state index in [2.05, 4.69) is 11.8 Å². The van der Waals surface area contributed by atoms with E-state index < -0.39 is 17.9 Å². The lowest BCUT2D eigenvalue weighted by Crippen LogP contribution is -2.46. The zero-order valence-corrected chi connectivity index (χ0v) is 19.7. The summed E-state index contributed by atoms with van der Waals surface area (Å²) in [6, 6.07) is 18.9. The molecule has 2 fully saturated rings. The summed E-state index contributed by atoms with van der Waals surface area (Å²) in [7, 11) is 0. The number of carbonyl (C=O) groups excluding carboxylic acids is 3. The largest absolute Gasteiger partial charge is 0.298 e. The van der Waals surface area contributed by atoms with E-state index in [0.717, 1.165) is 36.8 Å². The summed E-state index contributed by atoms with van der Waals surface area (Å²) in [5.74, 6) is -1.28. The summed E-state index contributed by atoms with van der Waals surface area (Å²) < 4.78 is 0. The first-order valence-electron chi connectivity index (χ1n) is 12.2. The number of amides is 2. The van der Waals surface area contributed by atoms with Gasteiger partial charge in [-0.05, 0) is 24.5 Å². The van der Waals surface area contributed by atoms with Crippen LogP contribution in [0.25, 0.3) is 0 Å². The fourth-order valence-electron chi connectivity index (χ4n) is 5.50. The van der Waals surface area contributed by atoms with Gasteiger partial charge in [-0.1, -0.05) is 86.8 Å². The van der Waals surface area contributed by atoms with Crippen molar-refractivity contribution in [2.75, 3.05) is 0 Å². The summed E-state index contributed by atoms with van der Waals surface area (Å²) in [6.07, 6.45) is 4.54. The van der Waals surface area contributed by atoms with E-state index in [1.54, 1.807) is 0 Å². The first-order chi connectivity index (χ1) is 16.0. The Labute approximate surface area is 196 Å². The summed E-state index contributed by atoms with van der Waals surface area (Å²) in [4.78, 5) is 44.0. The molecule has 174 valence electrons. The van der Waals surface area contributed by atoms with Gasteiger partial charge < -0.3 is 0 Å². The molecule has 0 aromatic heterocycles. The molecular weight excluding hydrogens is 412 g/mol. The van der Waals surface area contributed by atoms with Gasteiger partial charge in [-0.15, -0.1) is 0 Å². The summed E-state index contributed by atoms with van der Waals surface area (Å²) >= 11 is 0. The molecule has 5 heteroatoms. The van der Waals surface area contributed by atoms with E-state index in [9.17, 15) is 14.4 Å². The number of nitrogens with zero attached hydrogens (tertiary/aromatic N) is 2. The van der Waals surface area contributed by atoms with E-state index >= 15 is 0 Å². The fourth-order valence-corrected chi connectivity index (χ4v) is 5.50. The maximum Gasteiger partial charge on any atom is 0.235 e. The van der Waals surface area contributed by atoms with Crippen molar-refractivity contribution in [3.8, 4) is 0 Å². The van der Waals surface area contributed by atoms with Crippen LogP contribution in [-0.4, -0.2) is 39.5 Å². The van der Waals surface area contributed by atoms with Crippen LogP contribution < -0.4 is 0 Å². The Bertz CT molecular complexity index is 975. The lowest BCUT2D eigenvalue weighted by atomic mass is 9.87. The third-order valence-corrected chi connectivity index (χ3v) is 7.23. The Kier molecular flexibility index (Phi) is 7.39. The molecule has 2 aromatic rings. The van der Waals surface area contributed by atoms with Crippen molar-refractivity contribution in [2.45, 2.75) is 71.1 Å². The van der Waals surface area contributed by atoms with Gasteiger partial charge in [-0.2, -0.15) is 0 Å². The van der Waals surface area contributed by atoms with Crippen LogP contribution in [0.5, 0.6) is 0 Å². The first-order valence-corrected chi connectivity index (χ1v) is 12.2. The molecular formula is C28H34N2O3. The molecule has 2 aliphatic rings. The van der Waals surface area contributed by atoms with Crippen LogP contribution in [0.4, 0.5) is 0 Å². The van der Waals surface area contributed by atoms with Crippen LogP contribution in [0, 0.1) is 11.8 Å². The zero-order chi connectivity index (χ0) is 23.4. The molecule has 2 aliphatic heterocycles. The van der Waals surface area contributed by atoms with Crippen molar-refractivity contribution < 1.29 is 14.4 Å². The fraction of sp³-hybridized carbons (Fsp3) is 0.464. The number of unbranched alkanes of at least 4 members (excludes halogenated alkanes) is 3. The van der Waals surface area contributed by atoms with Crippen molar-refractivity contribution in [2.24, 2.45) is 11.8 Å². The van der Waals surface area contributed by atoms with Gasteiger partial charge in [0.15, 0.2) is 5.78 Å². The van der Waals surface area contributed by atoms with E-state index in [1.807, 2.05) is 67.6 Å². The number of hydrogen-bond donors (Lipinski definition) is 0. The predicted molar refractivity (Wildman–Crippen MR) is 128 cm³/mol. The Morgan fingerprint density at radius 1 is 0.788 bits per heavy atom. The van der Waals surface area contributed by atoms with Gasteiger partial charge in [0.2, 0.25) is 11.8 Å². The van der Waals surface area contributed by atoms with Crippen molar-refractivity contribution in [1.29, 1.82) is 0 Å². The topological polar surface area (TPSA) is 57.7 Å². The lowest BCUT2D eigenvalue weighted by molar-refractivity contribution is -0.144. The highest BCUT2D eigenvalue weighted by atomic mass is 16.2. The molecule has 0 radical (unpaired) electrons. The second kappa shape index (κ2) is 10.4. The Morgan fingerprint density at radius 3 is 1.97 bits per heavy atom. The third-order valence-electron chi connectivity index (χ3n) is 7.23. The minimum atomic E-state index is -0.585. The Balaban J connectivity index is 1.59. The number of imide groups is 1. The van der Waals surface area contributed by atoms with Crippen LogP contribution in [-0.2, 0) is 27.5 Å². The quantitative estimate of drug-likeness (QED) is 0.395. The number of benzene rings is 2. The number of carbonyl (C=O) groups is 3. The van der Waals surface area contributed by atoms with Crippen molar-refractivity contribution in [3.05, 3.63) is 71.8 Å². The molecule has 0 spiro atoms. The van der Waals surface area contributed by atoms with Crippen molar-refractivity contribution in [3.63, 3.8) is 0 Å². The summed E-state index contributed by atoms with van der Waals surface area (Å²) in [6.45, 7) is 4.99. The summed E-state index contributed by atoms with van der Waals surface area (Å²) in [5, 5.41) is 0. The second-order valence-corrected chi connectivity index (χ2v) is 9.42. The third kappa shape index (κ3) is 4.79. The number of hydrogen-bond acceptors (Lipinski definition) is 4. The van der Waals surface area contributed by atoms with Crippen LogP contribution in [0.15, 0.2) is 60.7 Å². The molecule has 0 bridgehead atoms. The minimum absolute atomic E-state index is 0.101. The maximum atomic E-state index is 13.6. The van der Waals surface area contributed by atoms with Gasteiger partial charge in [0.25, 0.3) is 0 Å². The van der Waals surface area contributed by atoms with E-state index in [1.165, 1.54) is 4.90 Å². The van der Waals surface area contributed by atoms with Gasteiger partial charge in [0.1, 0.15) is 0 Å². The summed E-state index contributed by atoms with van der Waals surface area (Å²) in [5.41, 5.74) is 2.02. The first kappa shape index (κ1) is 23.4. The molecule has 5 nitrogen and oxygen atoms in total. The van der Waals surface area contributed by atoms with Crippen LogP contribution in [0.1, 0.15) is 57.1 Å². The monoisotopic (exact) mass is 446 g/mol. The molecule has 2 saturated heterocycles. The second-order valence-electron chi connectivity index (χ2n) is 9.42. The van der Waals surface area contributed by atoms with Crippen LogP contribution in [0.3, 0.4) is 0 Å². The predicted octanol–water partition coefficient (Wildman–Crippen LogP) is 4.60. The number of likely N-dealkylation sites (tertiary alicyclic amines) is 2. The highest BCUT2D eigenvalue weighted by Gasteiger charge is 2.62. The van der Waals surface area contributed by atoms with Crippen molar-refractivity contribution >= 4 is 17.6 Å². The maximum absolute atomic E-state index is 13.6. The van der Waals surface area contributed by atoms with Crippen molar-refractivity contribution in [1.82, 2.24) is 9.80 Å². The van der Waals surface area contributed by atoms with E-state index in [0.29, 0.717) is 13.0 Å². The van der Waals surface area contributed by atoms with E-state index in [4.69, 9.17) is 0 Å². The smallest absolute Gasteiger partial charge is 0.235 e. The average molecular weight is 447 g/mol. The highest BCUT2D eigenvalue weighted by molar-refractivity contribution is 6.09. The molecule has 33 heavy (non-hydrogen) atoms. The van der Waals surface area contributed by atoms with Crippen LogP contribution in [0.2, 0.25) is 0 Å². The Hall–Kier alpha value is -2.79. The molecule has 0 unspecified atom stereocenters. The number of fused-ring (bicyclic) bond motifs is 1.